The largest absolute Gasteiger partial charge is 0.316 e. The van der Waals surface area contributed by atoms with E-state index >= 15 is 0 Å². The van der Waals surface area contributed by atoms with Crippen molar-refractivity contribution < 1.29 is 4.39 Å². The summed E-state index contributed by atoms with van der Waals surface area (Å²) in [6.07, 6.45) is 2.56. The van der Waals surface area contributed by atoms with Crippen LogP contribution in [0.5, 0.6) is 0 Å². The molecule has 0 aliphatic rings. The van der Waals surface area contributed by atoms with Crippen LogP contribution in [0, 0.1) is 5.82 Å². The van der Waals surface area contributed by atoms with Crippen molar-refractivity contribution in [3.05, 3.63) is 51.7 Å². The highest BCUT2D eigenvalue weighted by Crippen LogP contribution is 2.15. The normalized spacial score (nSPS) is 10.6. The maximum atomic E-state index is 13.4. The molecule has 16 heavy (non-hydrogen) atoms. The molecule has 0 fully saturated rings. The monoisotopic (exact) mass is 236 g/mol. The fraction of sp³-hybridized carbons (Fsp3) is 0.250. The van der Waals surface area contributed by atoms with Crippen LogP contribution in [0.15, 0.2) is 29.8 Å². The van der Waals surface area contributed by atoms with E-state index in [0.717, 1.165) is 17.0 Å². The van der Waals surface area contributed by atoms with Gasteiger partial charge in [-0.15, -0.1) is 11.3 Å². The van der Waals surface area contributed by atoms with E-state index in [9.17, 15) is 4.39 Å². The van der Waals surface area contributed by atoms with Crippen LogP contribution < -0.4 is 5.32 Å². The summed E-state index contributed by atoms with van der Waals surface area (Å²) in [7, 11) is 1.81. The first-order valence-electron chi connectivity index (χ1n) is 5.10. The SMILES string of the molecule is CNCc1cc(Cc2nccs2)ccc1F. The van der Waals surface area contributed by atoms with Crippen molar-refractivity contribution in [3.63, 3.8) is 0 Å². The molecule has 0 saturated carbocycles. The van der Waals surface area contributed by atoms with Gasteiger partial charge in [-0.2, -0.15) is 0 Å². The van der Waals surface area contributed by atoms with Crippen LogP contribution in [0.25, 0.3) is 0 Å². The average Bonchev–Trinajstić information content (AvgIpc) is 2.76. The zero-order valence-electron chi connectivity index (χ0n) is 9.03. The Bertz CT molecular complexity index is 454. The van der Waals surface area contributed by atoms with Crippen LogP contribution in [-0.4, -0.2) is 12.0 Å². The zero-order chi connectivity index (χ0) is 11.4. The first-order chi connectivity index (χ1) is 7.79. The average molecular weight is 236 g/mol. The molecule has 1 N–H and O–H groups in total. The topological polar surface area (TPSA) is 24.9 Å². The van der Waals surface area contributed by atoms with Crippen LogP contribution in [-0.2, 0) is 13.0 Å². The molecule has 0 spiro atoms. The van der Waals surface area contributed by atoms with Crippen LogP contribution >= 0.6 is 11.3 Å². The third-order valence-electron chi connectivity index (χ3n) is 2.32. The quantitative estimate of drug-likeness (QED) is 0.882. The molecule has 1 heterocycles. The lowest BCUT2D eigenvalue weighted by atomic mass is 10.1. The molecule has 4 heteroatoms. The van der Waals surface area contributed by atoms with Crippen molar-refractivity contribution in [1.82, 2.24) is 10.3 Å². The third kappa shape index (κ3) is 2.65. The summed E-state index contributed by atoms with van der Waals surface area (Å²) in [5.41, 5.74) is 1.80. The van der Waals surface area contributed by atoms with Crippen molar-refractivity contribution in [2.75, 3.05) is 7.05 Å². The van der Waals surface area contributed by atoms with E-state index in [0.29, 0.717) is 12.1 Å². The summed E-state index contributed by atoms with van der Waals surface area (Å²) in [5, 5.41) is 5.97. The molecule has 1 aromatic carbocycles. The Labute approximate surface area is 98.2 Å². The fourth-order valence-corrected chi connectivity index (χ4v) is 2.23. The number of thiazole rings is 1. The van der Waals surface area contributed by atoms with Crippen molar-refractivity contribution in [2.45, 2.75) is 13.0 Å². The van der Waals surface area contributed by atoms with E-state index in [1.807, 2.05) is 24.6 Å². The van der Waals surface area contributed by atoms with E-state index in [1.54, 1.807) is 17.5 Å². The highest BCUT2D eigenvalue weighted by atomic mass is 32.1. The summed E-state index contributed by atoms with van der Waals surface area (Å²) in [6, 6.07) is 5.23. The maximum absolute atomic E-state index is 13.4. The number of nitrogens with one attached hydrogen (secondary N) is 1. The molecule has 0 aliphatic heterocycles. The molecule has 2 nitrogen and oxygen atoms in total. The van der Waals surface area contributed by atoms with E-state index < -0.39 is 0 Å². The number of rotatable bonds is 4. The van der Waals surface area contributed by atoms with Gasteiger partial charge in [0, 0.05) is 30.1 Å². The fourth-order valence-electron chi connectivity index (χ4n) is 1.58. The molecule has 0 saturated heterocycles. The first kappa shape index (κ1) is 11.2. The number of halogens is 1. The molecule has 0 bridgehead atoms. The Morgan fingerprint density at radius 1 is 1.44 bits per heavy atom. The summed E-state index contributed by atoms with van der Waals surface area (Å²) >= 11 is 1.62. The molecular weight excluding hydrogens is 223 g/mol. The van der Waals surface area contributed by atoms with Gasteiger partial charge < -0.3 is 5.32 Å². The Kier molecular flexibility index (Phi) is 3.64. The van der Waals surface area contributed by atoms with Gasteiger partial charge in [-0.25, -0.2) is 9.37 Å². The molecule has 2 aromatic rings. The molecule has 84 valence electrons. The molecule has 0 amide bonds. The van der Waals surface area contributed by atoms with Crippen molar-refractivity contribution in [2.24, 2.45) is 0 Å². The summed E-state index contributed by atoms with van der Waals surface area (Å²) in [4.78, 5) is 4.22. The van der Waals surface area contributed by atoms with Gasteiger partial charge in [0.25, 0.3) is 0 Å². The van der Waals surface area contributed by atoms with E-state index in [2.05, 4.69) is 10.3 Å². The highest BCUT2D eigenvalue weighted by Gasteiger charge is 2.04. The first-order valence-corrected chi connectivity index (χ1v) is 5.98. The van der Waals surface area contributed by atoms with E-state index in [4.69, 9.17) is 0 Å². The number of hydrogen-bond donors (Lipinski definition) is 1. The number of hydrogen-bond acceptors (Lipinski definition) is 3. The summed E-state index contributed by atoms with van der Waals surface area (Å²) in [5.74, 6) is -0.155. The summed E-state index contributed by atoms with van der Waals surface area (Å²) in [6.45, 7) is 0.553. The molecule has 0 aliphatic carbocycles. The Balaban J connectivity index is 2.19. The molecule has 0 radical (unpaired) electrons. The van der Waals surface area contributed by atoms with Gasteiger partial charge in [-0.3, -0.25) is 0 Å². The Hall–Kier alpha value is -1.26. The second-order valence-electron chi connectivity index (χ2n) is 3.56. The Morgan fingerprint density at radius 2 is 2.31 bits per heavy atom. The number of benzene rings is 1. The number of aromatic nitrogens is 1. The predicted octanol–water partition coefficient (Wildman–Crippen LogP) is 2.59. The van der Waals surface area contributed by atoms with Crippen molar-refractivity contribution in [1.29, 1.82) is 0 Å². The number of nitrogens with zero attached hydrogens (tertiary/aromatic N) is 1. The minimum absolute atomic E-state index is 0.155. The van der Waals surface area contributed by atoms with Crippen LogP contribution in [0.3, 0.4) is 0 Å². The van der Waals surface area contributed by atoms with Crippen LogP contribution in [0.4, 0.5) is 4.39 Å². The smallest absolute Gasteiger partial charge is 0.127 e. The molecular formula is C12H13FN2S. The van der Waals surface area contributed by atoms with E-state index in [-0.39, 0.29) is 5.82 Å². The summed E-state index contributed by atoms with van der Waals surface area (Å²) < 4.78 is 13.4. The lowest BCUT2D eigenvalue weighted by Crippen LogP contribution is -2.07. The van der Waals surface area contributed by atoms with Crippen LogP contribution in [0.1, 0.15) is 16.1 Å². The zero-order valence-corrected chi connectivity index (χ0v) is 9.85. The highest BCUT2D eigenvalue weighted by molar-refractivity contribution is 7.09. The Morgan fingerprint density at radius 3 is 3.00 bits per heavy atom. The van der Waals surface area contributed by atoms with Gasteiger partial charge in [-0.05, 0) is 18.7 Å². The molecule has 1 aromatic heterocycles. The third-order valence-corrected chi connectivity index (χ3v) is 3.10. The molecule has 2 rings (SSSR count). The lowest BCUT2D eigenvalue weighted by Gasteiger charge is -2.05. The second-order valence-corrected chi connectivity index (χ2v) is 4.54. The minimum Gasteiger partial charge on any atom is -0.316 e. The van der Waals surface area contributed by atoms with Gasteiger partial charge in [0.15, 0.2) is 0 Å². The lowest BCUT2D eigenvalue weighted by molar-refractivity contribution is 0.600. The minimum atomic E-state index is -0.155. The van der Waals surface area contributed by atoms with Crippen molar-refractivity contribution >= 4 is 11.3 Å². The van der Waals surface area contributed by atoms with Gasteiger partial charge in [0.05, 0.1) is 5.01 Å². The van der Waals surface area contributed by atoms with Gasteiger partial charge in [0.1, 0.15) is 5.82 Å². The molecule has 0 atom stereocenters. The van der Waals surface area contributed by atoms with Gasteiger partial charge in [-0.1, -0.05) is 12.1 Å². The molecule has 0 unspecified atom stereocenters. The van der Waals surface area contributed by atoms with Gasteiger partial charge in [0.2, 0.25) is 0 Å². The second kappa shape index (κ2) is 5.18. The maximum Gasteiger partial charge on any atom is 0.127 e. The standard InChI is InChI=1S/C12H13FN2S/c1-14-8-10-6-9(2-3-11(10)13)7-12-15-4-5-16-12/h2-6,14H,7-8H2,1H3. The van der Waals surface area contributed by atoms with Crippen LogP contribution in [0.2, 0.25) is 0 Å². The predicted molar refractivity (Wildman–Crippen MR) is 64.1 cm³/mol. The van der Waals surface area contributed by atoms with Gasteiger partial charge >= 0.3 is 0 Å². The van der Waals surface area contributed by atoms with E-state index in [1.165, 1.54) is 6.07 Å². The van der Waals surface area contributed by atoms with Crippen molar-refractivity contribution in [3.8, 4) is 0 Å².